The summed E-state index contributed by atoms with van der Waals surface area (Å²) in [5.41, 5.74) is 4.78. The van der Waals surface area contributed by atoms with Crippen molar-refractivity contribution < 1.29 is 4.79 Å². The molecule has 98 valence electrons. The minimum Gasteiger partial charge on any atom is -0.322 e. The van der Waals surface area contributed by atoms with Crippen LogP contribution in [0.4, 0.5) is 5.69 Å². The number of benzene rings is 2. The largest absolute Gasteiger partial charge is 0.322 e. The van der Waals surface area contributed by atoms with Gasteiger partial charge in [0.15, 0.2) is 0 Å². The molecule has 2 aromatic rings. The summed E-state index contributed by atoms with van der Waals surface area (Å²) in [6.45, 7) is 5.98. The third-order valence-electron chi connectivity index (χ3n) is 3.37. The Bertz CT molecular complexity index is 635. The van der Waals surface area contributed by atoms with Gasteiger partial charge in [-0.05, 0) is 55.7 Å². The monoisotopic (exact) mass is 317 g/mol. The quantitative estimate of drug-likeness (QED) is 0.859. The van der Waals surface area contributed by atoms with Crippen molar-refractivity contribution in [1.82, 2.24) is 0 Å². The highest BCUT2D eigenvalue weighted by molar-refractivity contribution is 9.10. The Hall–Kier alpha value is -1.61. The number of anilines is 1. The molecular formula is C16H16BrNO. The molecule has 3 heteroatoms. The first-order valence-corrected chi connectivity index (χ1v) is 6.92. The molecule has 0 aliphatic carbocycles. The third-order valence-corrected chi connectivity index (χ3v) is 4.22. The van der Waals surface area contributed by atoms with E-state index < -0.39 is 0 Å². The summed E-state index contributed by atoms with van der Waals surface area (Å²) in [4.78, 5) is 12.3. The number of amides is 1. The lowest BCUT2D eigenvalue weighted by molar-refractivity contribution is 0.102. The summed E-state index contributed by atoms with van der Waals surface area (Å²) in [7, 11) is 0. The Balaban J connectivity index is 2.31. The highest BCUT2D eigenvalue weighted by Crippen LogP contribution is 2.22. The summed E-state index contributed by atoms with van der Waals surface area (Å²) in [5.74, 6) is -0.0764. The van der Waals surface area contributed by atoms with Crippen LogP contribution in [0.25, 0.3) is 0 Å². The lowest BCUT2D eigenvalue weighted by Gasteiger charge is -2.12. The SMILES string of the molecule is Cc1cccc(NC(=O)c2cccc(Br)c2C)c1C. The standard InChI is InChI=1S/C16H16BrNO/c1-10-6-4-9-15(11(10)2)18-16(19)13-7-5-8-14(17)12(13)3/h4-9H,1-3H3,(H,18,19). The molecule has 0 saturated carbocycles. The van der Waals surface area contributed by atoms with Crippen LogP contribution in [0.1, 0.15) is 27.0 Å². The van der Waals surface area contributed by atoms with Crippen LogP contribution in [0.5, 0.6) is 0 Å². The molecule has 19 heavy (non-hydrogen) atoms. The Morgan fingerprint density at radius 2 is 1.68 bits per heavy atom. The molecule has 2 aromatic carbocycles. The summed E-state index contributed by atoms with van der Waals surface area (Å²) in [5, 5.41) is 2.98. The van der Waals surface area contributed by atoms with E-state index in [9.17, 15) is 4.79 Å². The molecule has 0 fully saturated rings. The number of hydrogen-bond acceptors (Lipinski definition) is 1. The van der Waals surface area contributed by atoms with Crippen LogP contribution in [0.15, 0.2) is 40.9 Å². The molecule has 0 aromatic heterocycles. The second-order valence-corrected chi connectivity index (χ2v) is 5.47. The van der Waals surface area contributed by atoms with Crippen LogP contribution in [0, 0.1) is 20.8 Å². The molecule has 0 radical (unpaired) electrons. The molecule has 2 nitrogen and oxygen atoms in total. The molecule has 0 unspecified atom stereocenters. The number of nitrogens with one attached hydrogen (secondary N) is 1. The van der Waals surface area contributed by atoms with Crippen molar-refractivity contribution >= 4 is 27.5 Å². The van der Waals surface area contributed by atoms with Gasteiger partial charge in [-0.3, -0.25) is 4.79 Å². The lowest BCUT2D eigenvalue weighted by Crippen LogP contribution is -2.14. The van der Waals surface area contributed by atoms with Gasteiger partial charge in [0.2, 0.25) is 0 Å². The first-order chi connectivity index (χ1) is 9.00. The predicted molar refractivity (Wildman–Crippen MR) is 82.7 cm³/mol. The first-order valence-electron chi connectivity index (χ1n) is 6.13. The first kappa shape index (κ1) is 13.8. The van der Waals surface area contributed by atoms with Gasteiger partial charge >= 0.3 is 0 Å². The Morgan fingerprint density at radius 3 is 2.42 bits per heavy atom. The maximum absolute atomic E-state index is 12.3. The summed E-state index contributed by atoms with van der Waals surface area (Å²) >= 11 is 3.45. The topological polar surface area (TPSA) is 29.1 Å². The molecule has 0 atom stereocenters. The van der Waals surface area contributed by atoms with Gasteiger partial charge in [0, 0.05) is 15.7 Å². The Labute approximate surface area is 122 Å². The average Bonchev–Trinajstić information content (AvgIpc) is 2.38. The van der Waals surface area contributed by atoms with Crippen LogP contribution in [-0.4, -0.2) is 5.91 Å². The molecular weight excluding hydrogens is 302 g/mol. The predicted octanol–water partition coefficient (Wildman–Crippen LogP) is 4.63. The highest BCUT2D eigenvalue weighted by atomic mass is 79.9. The second-order valence-electron chi connectivity index (χ2n) is 4.61. The number of hydrogen-bond donors (Lipinski definition) is 1. The zero-order valence-electron chi connectivity index (χ0n) is 11.3. The molecule has 1 amide bonds. The fourth-order valence-corrected chi connectivity index (χ4v) is 2.30. The van der Waals surface area contributed by atoms with E-state index >= 15 is 0 Å². The molecule has 0 aliphatic heterocycles. The van der Waals surface area contributed by atoms with E-state index in [0.29, 0.717) is 5.56 Å². The maximum atomic E-state index is 12.3. The van der Waals surface area contributed by atoms with Crippen molar-refractivity contribution in [3.63, 3.8) is 0 Å². The van der Waals surface area contributed by atoms with Gasteiger partial charge in [-0.1, -0.05) is 34.1 Å². The maximum Gasteiger partial charge on any atom is 0.255 e. The third kappa shape index (κ3) is 2.87. The minimum absolute atomic E-state index is 0.0764. The lowest BCUT2D eigenvalue weighted by atomic mass is 10.1. The van der Waals surface area contributed by atoms with E-state index in [1.807, 2.05) is 57.2 Å². The van der Waals surface area contributed by atoms with Crippen molar-refractivity contribution in [2.24, 2.45) is 0 Å². The smallest absolute Gasteiger partial charge is 0.255 e. The van der Waals surface area contributed by atoms with Gasteiger partial charge in [-0.15, -0.1) is 0 Å². The van der Waals surface area contributed by atoms with Crippen LogP contribution in [-0.2, 0) is 0 Å². The number of halogens is 1. The van der Waals surface area contributed by atoms with Gasteiger partial charge in [0.25, 0.3) is 5.91 Å². The molecule has 0 heterocycles. The molecule has 0 saturated heterocycles. The Morgan fingerprint density at radius 1 is 1.00 bits per heavy atom. The zero-order chi connectivity index (χ0) is 14.0. The van der Waals surface area contributed by atoms with Gasteiger partial charge in [-0.25, -0.2) is 0 Å². The average molecular weight is 318 g/mol. The molecule has 1 N–H and O–H groups in total. The fourth-order valence-electron chi connectivity index (χ4n) is 1.93. The molecule has 2 rings (SSSR count). The summed E-state index contributed by atoms with van der Waals surface area (Å²) in [6, 6.07) is 11.5. The van der Waals surface area contributed by atoms with Gasteiger partial charge in [-0.2, -0.15) is 0 Å². The molecule has 0 aliphatic rings. The van der Waals surface area contributed by atoms with Crippen molar-refractivity contribution in [3.8, 4) is 0 Å². The Kier molecular flexibility index (Phi) is 4.05. The van der Waals surface area contributed by atoms with Crippen molar-refractivity contribution in [1.29, 1.82) is 0 Å². The van der Waals surface area contributed by atoms with Crippen molar-refractivity contribution in [2.45, 2.75) is 20.8 Å². The van der Waals surface area contributed by atoms with Crippen LogP contribution in [0.2, 0.25) is 0 Å². The second kappa shape index (κ2) is 5.57. The zero-order valence-corrected chi connectivity index (χ0v) is 12.8. The van der Waals surface area contributed by atoms with E-state index in [1.54, 1.807) is 0 Å². The van der Waals surface area contributed by atoms with Gasteiger partial charge < -0.3 is 5.32 Å². The van der Waals surface area contributed by atoms with Crippen LogP contribution >= 0.6 is 15.9 Å². The van der Waals surface area contributed by atoms with Crippen LogP contribution < -0.4 is 5.32 Å². The number of rotatable bonds is 2. The van der Waals surface area contributed by atoms with Crippen molar-refractivity contribution in [3.05, 3.63) is 63.1 Å². The number of aryl methyl sites for hydroxylation is 1. The van der Waals surface area contributed by atoms with Gasteiger partial charge in [0.05, 0.1) is 0 Å². The van der Waals surface area contributed by atoms with Crippen molar-refractivity contribution in [2.75, 3.05) is 5.32 Å². The van der Waals surface area contributed by atoms with Crippen LogP contribution in [0.3, 0.4) is 0 Å². The summed E-state index contributed by atoms with van der Waals surface area (Å²) in [6.07, 6.45) is 0. The summed E-state index contributed by atoms with van der Waals surface area (Å²) < 4.78 is 0.945. The van der Waals surface area contributed by atoms with E-state index in [0.717, 1.165) is 21.3 Å². The van der Waals surface area contributed by atoms with Gasteiger partial charge in [0.1, 0.15) is 0 Å². The van der Waals surface area contributed by atoms with E-state index in [-0.39, 0.29) is 5.91 Å². The number of carbonyl (C=O) groups is 1. The normalized spacial score (nSPS) is 10.3. The minimum atomic E-state index is -0.0764. The van der Waals surface area contributed by atoms with E-state index in [1.165, 1.54) is 5.56 Å². The van der Waals surface area contributed by atoms with E-state index in [2.05, 4.69) is 21.2 Å². The highest BCUT2D eigenvalue weighted by Gasteiger charge is 2.12. The molecule has 0 spiro atoms. The molecule has 0 bridgehead atoms. The number of carbonyl (C=O) groups excluding carboxylic acids is 1. The fraction of sp³-hybridized carbons (Fsp3) is 0.188. The van der Waals surface area contributed by atoms with E-state index in [4.69, 9.17) is 0 Å².